The normalized spacial score (nSPS) is 20.4. The maximum atomic E-state index is 12.3. The lowest BCUT2D eigenvalue weighted by Gasteiger charge is -2.20. The van der Waals surface area contributed by atoms with Crippen LogP contribution in [0.4, 0.5) is 0 Å². The van der Waals surface area contributed by atoms with Crippen molar-refractivity contribution in [1.82, 2.24) is 5.32 Å². The van der Waals surface area contributed by atoms with Crippen molar-refractivity contribution in [2.45, 2.75) is 26.7 Å². The molecule has 0 bridgehead atoms. The highest BCUT2D eigenvalue weighted by Crippen LogP contribution is 2.50. The molecule has 0 saturated carbocycles. The van der Waals surface area contributed by atoms with E-state index in [0.717, 1.165) is 0 Å². The van der Waals surface area contributed by atoms with Crippen molar-refractivity contribution < 1.29 is 172 Å². The first-order chi connectivity index (χ1) is 34.0. The summed E-state index contributed by atoms with van der Waals surface area (Å²) in [6.07, 6.45) is 0.675. The number of hydrogen-bond donors (Lipinski definition) is 12. The molecule has 0 amide bonds. The van der Waals surface area contributed by atoms with Crippen molar-refractivity contribution in [2.75, 3.05) is 133 Å². The molecule has 74 heavy (non-hydrogen) atoms. The largest absolute Gasteiger partial charge is 0.472 e. The second-order valence-corrected chi connectivity index (χ2v) is 26.7. The summed E-state index contributed by atoms with van der Waals surface area (Å²) in [6.45, 7) is -9.53. The van der Waals surface area contributed by atoms with Gasteiger partial charge in [0.2, 0.25) is 0 Å². The van der Waals surface area contributed by atoms with E-state index in [9.17, 15) is 80.2 Å². The van der Waals surface area contributed by atoms with Gasteiger partial charge in [0.05, 0.1) is 112 Å². The number of phosphoric ester groups is 9. The molecule has 11 unspecified atom stereocenters. The van der Waals surface area contributed by atoms with Gasteiger partial charge in [-0.1, -0.05) is 13.8 Å². The molecule has 0 aromatic heterocycles. The lowest BCUT2D eigenvalue weighted by atomic mass is 10.1. The molecular formula is C27H66NO37P9. The summed E-state index contributed by atoms with van der Waals surface area (Å²) in [6, 6.07) is 0. The lowest BCUT2D eigenvalue weighted by molar-refractivity contribution is 0.0679. The highest BCUT2D eigenvalue weighted by Gasteiger charge is 2.31. The van der Waals surface area contributed by atoms with Gasteiger partial charge in [0.25, 0.3) is 0 Å². The molecule has 0 aliphatic heterocycles. The summed E-state index contributed by atoms with van der Waals surface area (Å²) in [5.74, 6) is -2.09. The maximum Gasteiger partial charge on any atom is 0.472 e. The van der Waals surface area contributed by atoms with Crippen LogP contribution >= 0.6 is 70.4 Å². The van der Waals surface area contributed by atoms with E-state index in [1.165, 1.54) is 7.05 Å². The summed E-state index contributed by atoms with van der Waals surface area (Å²) >= 11 is 0. The van der Waals surface area contributed by atoms with Crippen LogP contribution in [0.1, 0.15) is 26.7 Å². The van der Waals surface area contributed by atoms with Gasteiger partial charge < -0.3 is 59.4 Å². The molecule has 0 aliphatic rings. The van der Waals surface area contributed by atoms with E-state index in [0.29, 0.717) is 6.42 Å². The van der Waals surface area contributed by atoms with Crippen molar-refractivity contribution in [3.8, 4) is 0 Å². The van der Waals surface area contributed by atoms with E-state index in [1.54, 1.807) is 13.8 Å². The zero-order chi connectivity index (χ0) is 56.8. The van der Waals surface area contributed by atoms with Gasteiger partial charge in [0.15, 0.2) is 0 Å². The van der Waals surface area contributed by atoms with Crippen LogP contribution in [0, 0.1) is 17.8 Å². The molecule has 0 aromatic rings. The highest BCUT2D eigenvalue weighted by atomic mass is 31.2. The molecular weight excluding hydrogens is 1210 g/mol. The van der Waals surface area contributed by atoms with E-state index >= 15 is 0 Å². The fourth-order valence-corrected chi connectivity index (χ4v) is 10.4. The Balaban J connectivity index is 4.48. The smallest absolute Gasteiger partial charge is 0.396 e. The standard InChI is InChI=1S/C27H66NO37P9/c1-4-25(19-29)20-62-71(41,42)57-14-10-53-67(33,34)49-6-8-51-69(37,38)55-12-16-59-73(45,46)64-23-27(18-28-3)24-65-74(47,48)60-17-13-56-70(39,40)52-9-7-50-68(35,36)54-11-15-58-72(43,44)63-22-26(5-2)21-61-66(30,31)32/h25-29H,4-24H2,1-3H3,(H,33,34)(H,35,36)(H,37,38)(H,39,40)(H,41,42)(H,43,44)(H,45,46)(H,47,48)(H2,30,31,32). The number of phosphoric acid groups is 9. The quantitative estimate of drug-likeness (QED) is 0.0306. The molecule has 0 aliphatic carbocycles. The Morgan fingerprint density at radius 1 is 0.311 bits per heavy atom. The number of nitrogens with one attached hydrogen (secondary N) is 1. The zero-order valence-corrected chi connectivity index (χ0v) is 47.7. The number of rotatable bonds is 50. The van der Waals surface area contributed by atoms with Gasteiger partial charge in [-0.25, -0.2) is 41.1 Å². The molecule has 0 heterocycles. The molecule has 47 heteroatoms. The zero-order valence-electron chi connectivity index (χ0n) is 39.6. The van der Waals surface area contributed by atoms with Crippen LogP contribution in [0.2, 0.25) is 0 Å². The molecule has 11 atom stereocenters. The topological polar surface area (TPSA) is 545 Å². The van der Waals surface area contributed by atoms with Crippen molar-refractivity contribution in [3.63, 3.8) is 0 Å². The Morgan fingerprint density at radius 3 is 0.689 bits per heavy atom. The van der Waals surface area contributed by atoms with Crippen molar-refractivity contribution >= 4 is 70.4 Å². The summed E-state index contributed by atoms with van der Waals surface area (Å²) in [7, 11) is -42.1. The fourth-order valence-electron chi connectivity index (χ4n) is 4.17. The van der Waals surface area contributed by atoms with E-state index in [-0.39, 0.29) is 26.2 Å². The molecule has 0 saturated heterocycles. The van der Waals surface area contributed by atoms with Gasteiger partial charge in [-0.15, -0.1) is 0 Å². The van der Waals surface area contributed by atoms with Crippen LogP contribution in [-0.2, 0) is 118 Å². The van der Waals surface area contributed by atoms with Crippen LogP contribution in [0.3, 0.4) is 0 Å². The Hall–Kier alpha value is 0.910. The number of hydrogen-bond acceptors (Lipinski definition) is 28. The Bertz CT molecular complexity index is 2010. The van der Waals surface area contributed by atoms with Gasteiger partial charge in [0, 0.05) is 30.9 Å². The molecule has 0 spiro atoms. The third-order valence-electron chi connectivity index (χ3n) is 7.83. The van der Waals surface area contributed by atoms with Crippen molar-refractivity contribution in [2.24, 2.45) is 17.8 Å². The van der Waals surface area contributed by atoms with Gasteiger partial charge in [-0.05, 0) is 19.9 Å². The van der Waals surface area contributed by atoms with Crippen LogP contribution in [-0.4, -0.2) is 187 Å². The van der Waals surface area contributed by atoms with Gasteiger partial charge in [0.1, 0.15) is 0 Å². The van der Waals surface area contributed by atoms with Crippen molar-refractivity contribution in [1.29, 1.82) is 0 Å². The van der Waals surface area contributed by atoms with Crippen LogP contribution < -0.4 is 5.32 Å². The molecule has 0 rings (SSSR count). The molecule has 0 fully saturated rings. The van der Waals surface area contributed by atoms with E-state index < -0.39 is 194 Å². The molecule has 38 nitrogen and oxygen atoms in total. The average Bonchev–Trinajstić information content (AvgIpc) is 3.28. The van der Waals surface area contributed by atoms with Crippen molar-refractivity contribution in [3.05, 3.63) is 0 Å². The molecule has 0 aromatic carbocycles. The van der Waals surface area contributed by atoms with E-state index in [4.69, 9.17) is 28.5 Å². The first kappa shape index (κ1) is 74.9. The maximum absolute atomic E-state index is 12.3. The Labute approximate surface area is 423 Å². The fraction of sp³-hybridized carbons (Fsp3) is 1.00. The third-order valence-corrected chi connectivity index (χ3v) is 16.3. The molecule has 0 radical (unpaired) electrons. The van der Waals surface area contributed by atoms with Crippen LogP contribution in [0.25, 0.3) is 0 Å². The first-order valence-electron chi connectivity index (χ1n) is 20.9. The van der Waals surface area contributed by atoms with E-state index in [1.807, 2.05) is 0 Å². The second kappa shape index (κ2) is 37.1. The predicted molar refractivity (Wildman–Crippen MR) is 244 cm³/mol. The molecule has 12 N–H and O–H groups in total. The summed E-state index contributed by atoms with van der Waals surface area (Å²) in [5.41, 5.74) is 0. The summed E-state index contributed by atoms with van der Waals surface area (Å²) in [5, 5.41) is 11.7. The predicted octanol–water partition coefficient (Wildman–Crippen LogP) is 2.04. The summed E-state index contributed by atoms with van der Waals surface area (Å²) < 4.78 is 185. The number of aliphatic hydroxyl groups is 1. The second-order valence-electron chi connectivity index (χ2n) is 13.9. The van der Waals surface area contributed by atoms with Gasteiger partial charge >= 0.3 is 70.4 Å². The minimum absolute atomic E-state index is 0.0591. The van der Waals surface area contributed by atoms with E-state index in [2.05, 4.69) is 68.6 Å². The first-order valence-corrected chi connectivity index (χ1v) is 34.4. The van der Waals surface area contributed by atoms with Crippen LogP contribution in [0.15, 0.2) is 0 Å². The minimum atomic E-state index is -4.93. The lowest BCUT2D eigenvalue weighted by Crippen LogP contribution is -2.27. The van der Waals surface area contributed by atoms with Crippen LogP contribution in [0.5, 0.6) is 0 Å². The summed E-state index contributed by atoms with van der Waals surface area (Å²) in [4.78, 5) is 95.7. The average molecular weight is 1280 g/mol. The Morgan fingerprint density at radius 2 is 0.500 bits per heavy atom. The van der Waals surface area contributed by atoms with Gasteiger partial charge in [-0.2, -0.15) is 0 Å². The Kier molecular flexibility index (Phi) is 37.6. The number of aliphatic hydroxyl groups excluding tert-OH is 1. The highest BCUT2D eigenvalue weighted by molar-refractivity contribution is 7.49. The van der Waals surface area contributed by atoms with Gasteiger partial charge in [-0.3, -0.25) is 76.9 Å². The SMILES string of the molecule is CCC(CO)COP(=O)(O)OCCOP(=O)(O)OCCOP(=O)(O)OCCOP(=O)(O)OCC(CNC)COP(=O)(O)OCCOP(=O)(O)OCCOP(=O)(O)OCCOP(=O)(O)OCC(CC)COP(=O)(O)O. The molecule has 446 valence electrons. The monoisotopic (exact) mass is 1280 g/mol. The minimum Gasteiger partial charge on any atom is -0.396 e. The third kappa shape index (κ3) is 42.8.